The topological polar surface area (TPSA) is 34.0 Å². The van der Waals surface area contributed by atoms with Crippen molar-refractivity contribution in [2.45, 2.75) is 25.9 Å². The summed E-state index contributed by atoms with van der Waals surface area (Å²) in [7, 11) is 0. The molecule has 3 nitrogen and oxygen atoms in total. The van der Waals surface area contributed by atoms with Crippen molar-refractivity contribution >= 4 is 15.9 Å². The first kappa shape index (κ1) is 12.5. The maximum Gasteiger partial charge on any atom is 0.250 e. The van der Waals surface area contributed by atoms with Crippen molar-refractivity contribution in [2.75, 3.05) is 11.9 Å². The minimum atomic E-state index is 0.0624. The van der Waals surface area contributed by atoms with Gasteiger partial charge in [-0.3, -0.25) is 4.79 Å². The van der Waals surface area contributed by atoms with E-state index in [9.17, 15) is 4.79 Å². The van der Waals surface area contributed by atoms with Crippen molar-refractivity contribution < 1.29 is 0 Å². The number of nitrogens with one attached hydrogen (secondary N) is 1. The molecule has 0 spiro atoms. The van der Waals surface area contributed by atoms with Gasteiger partial charge in [-0.05, 0) is 19.4 Å². The van der Waals surface area contributed by atoms with E-state index in [1.807, 2.05) is 12.3 Å². The number of nitrogens with zero attached hydrogens (tertiary/aromatic N) is 1. The van der Waals surface area contributed by atoms with Gasteiger partial charge in [-0.1, -0.05) is 22.0 Å². The van der Waals surface area contributed by atoms with Gasteiger partial charge in [0, 0.05) is 36.7 Å². The van der Waals surface area contributed by atoms with E-state index in [0.29, 0.717) is 6.04 Å². The third-order valence-corrected chi connectivity index (χ3v) is 2.74. The molecule has 0 aliphatic carbocycles. The summed E-state index contributed by atoms with van der Waals surface area (Å²) in [6.45, 7) is 3.71. The van der Waals surface area contributed by atoms with Gasteiger partial charge >= 0.3 is 0 Å². The van der Waals surface area contributed by atoms with Gasteiger partial charge in [-0.25, -0.2) is 0 Å². The van der Waals surface area contributed by atoms with Gasteiger partial charge in [-0.2, -0.15) is 0 Å². The van der Waals surface area contributed by atoms with Crippen LogP contribution in [-0.4, -0.2) is 22.5 Å². The number of halogens is 1. The molecule has 0 aliphatic heterocycles. The fourth-order valence-electron chi connectivity index (χ4n) is 1.34. The number of alkyl halides is 1. The van der Waals surface area contributed by atoms with E-state index in [-0.39, 0.29) is 5.56 Å². The Morgan fingerprint density at radius 3 is 3.00 bits per heavy atom. The van der Waals surface area contributed by atoms with Gasteiger partial charge < -0.3 is 9.88 Å². The average molecular weight is 273 g/mol. The van der Waals surface area contributed by atoms with Crippen LogP contribution in [0.1, 0.15) is 13.3 Å². The van der Waals surface area contributed by atoms with Crippen LogP contribution >= 0.6 is 15.9 Å². The molecule has 15 heavy (non-hydrogen) atoms. The molecule has 0 aromatic carbocycles. The Morgan fingerprint density at radius 1 is 1.53 bits per heavy atom. The van der Waals surface area contributed by atoms with Crippen LogP contribution in [-0.2, 0) is 6.54 Å². The van der Waals surface area contributed by atoms with Gasteiger partial charge in [0.05, 0.1) is 0 Å². The van der Waals surface area contributed by atoms with Crippen LogP contribution in [0, 0.1) is 0 Å². The highest BCUT2D eigenvalue weighted by Crippen LogP contribution is 1.94. The van der Waals surface area contributed by atoms with Crippen LogP contribution in [0.2, 0.25) is 0 Å². The van der Waals surface area contributed by atoms with E-state index in [4.69, 9.17) is 0 Å². The lowest BCUT2D eigenvalue weighted by Gasteiger charge is -2.12. The first-order valence-corrected chi connectivity index (χ1v) is 6.31. The smallest absolute Gasteiger partial charge is 0.250 e. The molecule has 1 N–H and O–H groups in total. The zero-order chi connectivity index (χ0) is 11.1. The summed E-state index contributed by atoms with van der Waals surface area (Å²) in [5, 5.41) is 4.38. The van der Waals surface area contributed by atoms with E-state index < -0.39 is 0 Å². The summed E-state index contributed by atoms with van der Waals surface area (Å²) < 4.78 is 1.72. The highest BCUT2D eigenvalue weighted by molar-refractivity contribution is 9.09. The van der Waals surface area contributed by atoms with Gasteiger partial charge in [0.25, 0.3) is 5.56 Å². The van der Waals surface area contributed by atoms with E-state index >= 15 is 0 Å². The zero-order valence-corrected chi connectivity index (χ0v) is 10.5. The minimum absolute atomic E-state index is 0.0624. The number of rotatable bonds is 6. The summed E-state index contributed by atoms with van der Waals surface area (Å²) in [5.74, 6) is 0. The predicted molar refractivity (Wildman–Crippen MR) is 66.6 cm³/mol. The van der Waals surface area contributed by atoms with E-state index in [0.717, 1.165) is 24.8 Å². The van der Waals surface area contributed by atoms with Gasteiger partial charge in [0.2, 0.25) is 0 Å². The molecule has 0 amide bonds. The largest absolute Gasteiger partial charge is 0.314 e. The zero-order valence-electron chi connectivity index (χ0n) is 8.95. The molecule has 0 bridgehead atoms. The predicted octanol–water partition coefficient (Wildman–Crippen LogP) is 1.61. The van der Waals surface area contributed by atoms with Crippen LogP contribution in [0.25, 0.3) is 0 Å². The van der Waals surface area contributed by atoms with Crippen LogP contribution in [0.15, 0.2) is 29.2 Å². The highest BCUT2D eigenvalue weighted by Gasteiger charge is 1.99. The second kappa shape index (κ2) is 6.80. The Bertz CT molecular complexity index is 337. The van der Waals surface area contributed by atoms with Crippen molar-refractivity contribution in [2.24, 2.45) is 0 Å². The first-order valence-electron chi connectivity index (χ1n) is 5.19. The van der Waals surface area contributed by atoms with Gasteiger partial charge in [0.15, 0.2) is 0 Å². The Morgan fingerprint density at radius 2 is 2.33 bits per heavy atom. The monoisotopic (exact) mass is 272 g/mol. The van der Waals surface area contributed by atoms with Crippen LogP contribution in [0.5, 0.6) is 0 Å². The lowest BCUT2D eigenvalue weighted by molar-refractivity contribution is 0.503. The highest BCUT2D eigenvalue weighted by atomic mass is 79.9. The van der Waals surface area contributed by atoms with E-state index in [1.54, 1.807) is 16.7 Å². The molecular weight excluding hydrogens is 256 g/mol. The average Bonchev–Trinajstić information content (AvgIpc) is 2.21. The molecule has 1 unspecified atom stereocenters. The molecule has 1 heterocycles. The summed E-state index contributed by atoms with van der Waals surface area (Å²) in [4.78, 5) is 11.3. The molecule has 0 fully saturated rings. The van der Waals surface area contributed by atoms with Crippen molar-refractivity contribution in [1.29, 1.82) is 0 Å². The quantitative estimate of drug-likeness (QED) is 0.799. The standard InChI is InChI=1S/C11H17BrN2O/c1-10(5-6-12)13-7-9-14-8-3-2-4-11(14)15/h2-4,8,10,13H,5-7,9H2,1H3. The Balaban J connectivity index is 2.32. The van der Waals surface area contributed by atoms with Crippen molar-refractivity contribution in [3.63, 3.8) is 0 Å². The molecule has 1 aromatic heterocycles. The van der Waals surface area contributed by atoms with Crippen LogP contribution < -0.4 is 10.9 Å². The Hall–Kier alpha value is -0.610. The Labute approximate surface area is 98.6 Å². The molecule has 0 radical (unpaired) electrons. The molecule has 1 aromatic rings. The Kier molecular flexibility index (Phi) is 5.65. The van der Waals surface area contributed by atoms with Crippen LogP contribution in [0.4, 0.5) is 0 Å². The molecule has 1 atom stereocenters. The van der Waals surface area contributed by atoms with Gasteiger partial charge in [0.1, 0.15) is 0 Å². The molecule has 0 saturated heterocycles. The minimum Gasteiger partial charge on any atom is -0.314 e. The lowest BCUT2D eigenvalue weighted by atomic mass is 10.2. The summed E-state index contributed by atoms with van der Waals surface area (Å²) in [6, 6.07) is 5.72. The molecular formula is C11H17BrN2O. The maximum atomic E-state index is 11.3. The number of pyridine rings is 1. The summed E-state index contributed by atoms with van der Waals surface area (Å²) >= 11 is 3.40. The van der Waals surface area contributed by atoms with E-state index in [1.165, 1.54) is 0 Å². The molecule has 1 rings (SSSR count). The molecule has 4 heteroatoms. The second-order valence-corrected chi connectivity index (χ2v) is 4.36. The summed E-state index contributed by atoms with van der Waals surface area (Å²) in [5.41, 5.74) is 0.0624. The van der Waals surface area contributed by atoms with Gasteiger partial charge in [-0.15, -0.1) is 0 Å². The first-order chi connectivity index (χ1) is 7.24. The maximum absolute atomic E-state index is 11.3. The number of aromatic nitrogens is 1. The number of hydrogen-bond acceptors (Lipinski definition) is 2. The third-order valence-electron chi connectivity index (χ3n) is 2.29. The van der Waals surface area contributed by atoms with Crippen molar-refractivity contribution in [3.8, 4) is 0 Å². The lowest BCUT2D eigenvalue weighted by Crippen LogP contribution is -2.32. The number of hydrogen-bond donors (Lipinski definition) is 1. The fourth-order valence-corrected chi connectivity index (χ4v) is 2.03. The van der Waals surface area contributed by atoms with Crippen LogP contribution in [0.3, 0.4) is 0 Å². The molecule has 0 aliphatic rings. The summed E-state index contributed by atoms with van der Waals surface area (Å²) in [6.07, 6.45) is 2.92. The molecule has 84 valence electrons. The normalized spacial score (nSPS) is 12.7. The van der Waals surface area contributed by atoms with Crippen molar-refractivity contribution in [3.05, 3.63) is 34.7 Å². The molecule has 0 saturated carbocycles. The van der Waals surface area contributed by atoms with E-state index in [2.05, 4.69) is 28.2 Å². The third kappa shape index (κ3) is 4.62. The van der Waals surface area contributed by atoms with Crippen molar-refractivity contribution in [1.82, 2.24) is 9.88 Å². The fraction of sp³-hybridized carbons (Fsp3) is 0.545. The SMILES string of the molecule is CC(CCBr)NCCn1ccccc1=O. The second-order valence-electron chi connectivity index (χ2n) is 3.57.